The second-order valence-corrected chi connectivity index (χ2v) is 5.48. The van der Waals surface area contributed by atoms with Crippen molar-refractivity contribution in [3.8, 4) is 5.75 Å². The molecule has 0 radical (unpaired) electrons. The summed E-state index contributed by atoms with van der Waals surface area (Å²) >= 11 is 0. The number of ether oxygens (including phenoxy) is 1. The number of alkyl halides is 6. The highest BCUT2D eigenvalue weighted by atomic mass is 19.4. The molecule has 1 atom stereocenters. The lowest BCUT2D eigenvalue weighted by Crippen LogP contribution is -2.51. The molecule has 10 heteroatoms. The molecule has 0 heterocycles. The minimum absolute atomic E-state index is 0.206. The van der Waals surface area contributed by atoms with Crippen LogP contribution in [0.15, 0.2) is 54.6 Å². The largest absolute Gasteiger partial charge is 0.573 e. The van der Waals surface area contributed by atoms with E-state index >= 15 is 0 Å². The number of carbonyl (C=O) groups is 1. The first-order chi connectivity index (χ1) is 12.4. The maximum Gasteiger partial charge on any atom is 0.573 e. The second kappa shape index (κ2) is 7.47. The van der Waals surface area contributed by atoms with Crippen molar-refractivity contribution >= 4 is 5.91 Å². The third kappa shape index (κ3) is 5.13. The maximum absolute atomic E-state index is 13.3. The maximum atomic E-state index is 13.3. The van der Waals surface area contributed by atoms with E-state index in [2.05, 4.69) is 4.74 Å². The Hall–Kier alpha value is -2.75. The van der Waals surface area contributed by atoms with E-state index in [4.69, 9.17) is 0 Å². The number of nitrogens with one attached hydrogen (secondary N) is 1. The van der Waals surface area contributed by atoms with E-state index < -0.39 is 41.9 Å². The summed E-state index contributed by atoms with van der Waals surface area (Å²) in [6.07, 6.45) is -9.99. The van der Waals surface area contributed by atoms with Gasteiger partial charge in [-0.25, -0.2) is 0 Å². The SMILES string of the molecule is O=C(NC[C@](O)(c1ccccc1)C(F)(F)F)c1ccc(OC(F)(F)F)cc1. The van der Waals surface area contributed by atoms with Gasteiger partial charge in [-0.15, -0.1) is 13.2 Å². The Labute approximate surface area is 149 Å². The van der Waals surface area contributed by atoms with Gasteiger partial charge < -0.3 is 15.2 Å². The first-order valence-corrected chi connectivity index (χ1v) is 7.41. The van der Waals surface area contributed by atoms with Crippen LogP contribution in [-0.4, -0.2) is 30.1 Å². The number of aliphatic hydroxyl groups is 1. The zero-order valence-electron chi connectivity index (χ0n) is 13.4. The van der Waals surface area contributed by atoms with E-state index in [0.29, 0.717) is 0 Å². The van der Waals surface area contributed by atoms with Crippen LogP contribution in [0.2, 0.25) is 0 Å². The van der Waals surface area contributed by atoms with Crippen molar-refractivity contribution in [3.05, 3.63) is 65.7 Å². The van der Waals surface area contributed by atoms with E-state index in [1.54, 1.807) is 0 Å². The van der Waals surface area contributed by atoms with Crippen LogP contribution in [-0.2, 0) is 5.60 Å². The molecule has 0 spiro atoms. The number of halogens is 6. The van der Waals surface area contributed by atoms with Crippen LogP contribution in [0.25, 0.3) is 0 Å². The molecule has 0 aliphatic carbocycles. The molecule has 0 saturated heterocycles. The standard InChI is InChI=1S/C17H13F6NO3/c18-16(19,20)15(26,12-4-2-1-3-5-12)10-24-14(25)11-6-8-13(9-7-11)27-17(21,22)23/h1-9,26H,10H2,(H,24,25)/t15-/m0/s1. The summed E-state index contributed by atoms with van der Waals surface area (Å²) in [5, 5.41) is 12.0. The van der Waals surface area contributed by atoms with Crippen LogP contribution < -0.4 is 10.1 Å². The smallest absolute Gasteiger partial charge is 0.406 e. The molecule has 2 rings (SSSR count). The fourth-order valence-electron chi connectivity index (χ4n) is 2.20. The monoisotopic (exact) mass is 393 g/mol. The summed E-state index contributed by atoms with van der Waals surface area (Å²) in [4.78, 5) is 12.0. The Morgan fingerprint density at radius 2 is 1.48 bits per heavy atom. The van der Waals surface area contributed by atoms with Gasteiger partial charge in [0.1, 0.15) is 5.75 Å². The molecule has 0 aliphatic rings. The van der Waals surface area contributed by atoms with Crippen LogP contribution in [0.4, 0.5) is 26.3 Å². The molecule has 146 valence electrons. The lowest BCUT2D eigenvalue weighted by molar-refractivity contribution is -0.274. The lowest BCUT2D eigenvalue weighted by atomic mass is 9.93. The molecule has 0 bridgehead atoms. The average Bonchev–Trinajstić information content (AvgIpc) is 2.58. The Balaban J connectivity index is 2.12. The Morgan fingerprint density at radius 3 is 1.96 bits per heavy atom. The molecule has 27 heavy (non-hydrogen) atoms. The van der Waals surface area contributed by atoms with Crippen LogP contribution in [0, 0.1) is 0 Å². The summed E-state index contributed by atoms with van der Waals surface area (Å²) in [6, 6.07) is 9.76. The van der Waals surface area contributed by atoms with Crippen LogP contribution >= 0.6 is 0 Å². The van der Waals surface area contributed by atoms with Crippen molar-refractivity contribution in [2.45, 2.75) is 18.1 Å². The van der Waals surface area contributed by atoms with Gasteiger partial charge in [0.2, 0.25) is 5.60 Å². The van der Waals surface area contributed by atoms with Gasteiger partial charge in [0.05, 0.1) is 6.54 Å². The van der Waals surface area contributed by atoms with Crippen molar-refractivity contribution in [1.82, 2.24) is 5.32 Å². The quantitative estimate of drug-likeness (QED) is 0.761. The third-order valence-electron chi connectivity index (χ3n) is 3.58. The normalized spacial score (nSPS) is 14.3. The fraction of sp³-hybridized carbons (Fsp3) is 0.235. The zero-order valence-corrected chi connectivity index (χ0v) is 13.4. The summed E-state index contributed by atoms with van der Waals surface area (Å²) < 4.78 is 79.9. The number of carbonyl (C=O) groups excluding carboxylic acids is 1. The molecule has 2 aromatic carbocycles. The minimum atomic E-state index is -5.08. The molecule has 2 N–H and O–H groups in total. The van der Waals surface area contributed by atoms with Crippen LogP contribution in [0.5, 0.6) is 5.75 Å². The highest BCUT2D eigenvalue weighted by Crippen LogP contribution is 2.38. The minimum Gasteiger partial charge on any atom is -0.406 e. The van der Waals surface area contributed by atoms with Gasteiger partial charge in [-0.1, -0.05) is 30.3 Å². The van der Waals surface area contributed by atoms with Crippen molar-refractivity contribution in [2.24, 2.45) is 0 Å². The summed E-state index contributed by atoms with van der Waals surface area (Å²) in [7, 11) is 0. The zero-order chi connectivity index (χ0) is 20.3. The van der Waals surface area contributed by atoms with Gasteiger partial charge in [0, 0.05) is 5.56 Å². The summed E-state index contributed by atoms with van der Waals surface area (Å²) in [5.74, 6) is -1.60. The van der Waals surface area contributed by atoms with E-state index in [0.717, 1.165) is 36.4 Å². The number of rotatable bonds is 5. The lowest BCUT2D eigenvalue weighted by Gasteiger charge is -2.31. The summed E-state index contributed by atoms with van der Waals surface area (Å²) in [6.45, 7) is -1.18. The number of benzene rings is 2. The van der Waals surface area contributed by atoms with Crippen LogP contribution in [0.3, 0.4) is 0 Å². The Bertz CT molecular complexity index is 774. The van der Waals surface area contributed by atoms with Crippen molar-refractivity contribution in [2.75, 3.05) is 6.54 Å². The van der Waals surface area contributed by atoms with Crippen molar-refractivity contribution in [1.29, 1.82) is 0 Å². The Morgan fingerprint density at radius 1 is 0.926 bits per heavy atom. The first-order valence-electron chi connectivity index (χ1n) is 7.41. The highest BCUT2D eigenvalue weighted by Gasteiger charge is 2.55. The van der Waals surface area contributed by atoms with Gasteiger partial charge in [0.15, 0.2) is 0 Å². The van der Waals surface area contributed by atoms with Crippen LogP contribution in [0.1, 0.15) is 15.9 Å². The fourth-order valence-corrected chi connectivity index (χ4v) is 2.20. The molecule has 2 aromatic rings. The van der Waals surface area contributed by atoms with Gasteiger partial charge in [0.25, 0.3) is 5.91 Å². The molecule has 0 aromatic heterocycles. The molecule has 0 aliphatic heterocycles. The summed E-state index contributed by atoms with van der Waals surface area (Å²) in [5.41, 5.74) is -4.00. The first kappa shape index (κ1) is 20.6. The van der Waals surface area contributed by atoms with Crippen molar-refractivity contribution in [3.63, 3.8) is 0 Å². The predicted molar refractivity (Wildman–Crippen MR) is 81.9 cm³/mol. The average molecular weight is 393 g/mol. The number of hydrogen-bond donors (Lipinski definition) is 2. The van der Waals surface area contributed by atoms with E-state index in [-0.39, 0.29) is 5.56 Å². The van der Waals surface area contributed by atoms with E-state index in [9.17, 15) is 36.2 Å². The number of amides is 1. The topological polar surface area (TPSA) is 58.6 Å². The van der Waals surface area contributed by atoms with Crippen molar-refractivity contribution < 1.29 is 41.0 Å². The Kier molecular flexibility index (Phi) is 5.69. The molecule has 0 fully saturated rings. The molecule has 0 saturated carbocycles. The number of hydrogen-bond acceptors (Lipinski definition) is 3. The molecule has 1 amide bonds. The molecule has 0 unspecified atom stereocenters. The second-order valence-electron chi connectivity index (χ2n) is 5.48. The highest BCUT2D eigenvalue weighted by molar-refractivity contribution is 5.94. The van der Waals surface area contributed by atoms with Gasteiger partial charge in [-0.05, 0) is 29.8 Å². The van der Waals surface area contributed by atoms with E-state index in [1.165, 1.54) is 18.2 Å². The van der Waals surface area contributed by atoms with Gasteiger partial charge in [-0.3, -0.25) is 4.79 Å². The van der Waals surface area contributed by atoms with Gasteiger partial charge in [-0.2, -0.15) is 13.2 Å². The van der Waals surface area contributed by atoms with Gasteiger partial charge >= 0.3 is 12.5 Å². The molecule has 4 nitrogen and oxygen atoms in total. The van der Waals surface area contributed by atoms with E-state index in [1.807, 2.05) is 5.32 Å². The molecular formula is C17H13F6NO3. The predicted octanol–water partition coefficient (Wildman–Crippen LogP) is 3.77. The molecular weight excluding hydrogens is 380 g/mol. The third-order valence-corrected chi connectivity index (χ3v) is 3.58.